The van der Waals surface area contributed by atoms with Crippen molar-refractivity contribution in [1.82, 2.24) is 9.55 Å². The van der Waals surface area contributed by atoms with Gasteiger partial charge < -0.3 is 9.67 Å². The third-order valence-electron chi connectivity index (χ3n) is 2.75. The fraction of sp³-hybridized carbons (Fsp3) is 0.667. The first kappa shape index (κ1) is 7.80. The van der Waals surface area contributed by atoms with Crippen LogP contribution >= 0.6 is 0 Å². The van der Waals surface area contributed by atoms with Gasteiger partial charge in [0, 0.05) is 7.05 Å². The van der Waals surface area contributed by atoms with E-state index in [2.05, 4.69) is 4.98 Å². The Morgan fingerprint density at radius 1 is 1.67 bits per heavy atom. The molecule has 1 heterocycles. The Morgan fingerprint density at radius 2 is 2.42 bits per heavy atom. The number of imidazole rings is 1. The molecule has 1 aromatic rings. The number of aliphatic hydroxyl groups is 1. The quantitative estimate of drug-likeness (QED) is 0.718. The Balaban J connectivity index is 2.13. The number of aryl methyl sites for hydroxylation is 1. The molecule has 0 aliphatic heterocycles. The number of nitrogens with zero attached hydrogens (tertiary/aromatic N) is 2. The van der Waals surface area contributed by atoms with Crippen LogP contribution in [0.1, 0.15) is 31.1 Å². The second-order valence-corrected chi connectivity index (χ2v) is 3.57. The van der Waals surface area contributed by atoms with Crippen LogP contribution in [0.4, 0.5) is 0 Å². The molecule has 1 fully saturated rings. The van der Waals surface area contributed by atoms with Crippen LogP contribution in [-0.2, 0) is 7.05 Å². The van der Waals surface area contributed by atoms with Crippen LogP contribution in [0.3, 0.4) is 0 Å². The Hall–Kier alpha value is -0.830. The van der Waals surface area contributed by atoms with Crippen molar-refractivity contribution in [2.45, 2.75) is 25.4 Å². The maximum Gasteiger partial charge on any atom is 0.0983 e. The van der Waals surface area contributed by atoms with Crippen LogP contribution in [0, 0.1) is 5.92 Å². The molecule has 66 valence electrons. The Labute approximate surface area is 72.0 Å². The normalized spacial score (nSPS) is 20.5. The summed E-state index contributed by atoms with van der Waals surface area (Å²) in [5.74, 6) is 0.473. The SMILES string of the molecule is Cn1cncc1C(O)C1CCC1. The molecule has 3 heteroatoms. The van der Waals surface area contributed by atoms with Crippen molar-refractivity contribution in [3.8, 4) is 0 Å². The molecule has 1 aromatic heterocycles. The molecule has 0 aromatic carbocycles. The van der Waals surface area contributed by atoms with Crippen molar-refractivity contribution in [2.24, 2.45) is 13.0 Å². The summed E-state index contributed by atoms with van der Waals surface area (Å²) in [4.78, 5) is 3.99. The van der Waals surface area contributed by atoms with Gasteiger partial charge in [-0.25, -0.2) is 4.98 Å². The molecule has 12 heavy (non-hydrogen) atoms. The molecule has 1 atom stereocenters. The summed E-state index contributed by atoms with van der Waals surface area (Å²) >= 11 is 0. The second kappa shape index (κ2) is 2.90. The molecule has 1 aliphatic carbocycles. The maximum atomic E-state index is 9.85. The minimum atomic E-state index is -0.300. The second-order valence-electron chi connectivity index (χ2n) is 3.57. The van der Waals surface area contributed by atoms with E-state index in [1.807, 2.05) is 11.6 Å². The zero-order valence-electron chi connectivity index (χ0n) is 7.27. The monoisotopic (exact) mass is 166 g/mol. The van der Waals surface area contributed by atoms with Gasteiger partial charge in [0.2, 0.25) is 0 Å². The van der Waals surface area contributed by atoms with Gasteiger partial charge >= 0.3 is 0 Å². The summed E-state index contributed by atoms with van der Waals surface area (Å²) < 4.78 is 1.89. The van der Waals surface area contributed by atoms with Gasteiger partial charge in [-0.05, 0) is 18.8 Å². The molecule has 1 aliphatic rings. The molecular formula is C9H14N2O. The van der Waals surface area contributed by atoms with Gasteiger partial charge in [-0.1, -0.05) is 6.42 Å². The molecule has 1 N–H and O–H groups in total. The number of aliphatic hydroxyl groups excluding tert-OH is 1. The van der Waals surface area contributed by atoms with E-state index in [1.165, 1.54) is 6.42 Å². The minimum Gasteiger partial charge on any atom is -0.387 e. The lowest BCUT2D eigenvalue weighted by Gasteiger charge is -2.30. The van der Waals surface area contributed by atoms with Gasteiger partial charge in [0.15, 0.2) is 0 Å². The van der Waals surface area contributed by atoms with Crippen LogP contribution in [0.5, 0.6) is 0 Å². The highest BCUT2D eigenvalue weighted by Crippen LogP contribution is 2.37. The van der Waals surface area contributed by atoms with Crippen molar-refractivity contribution < 1.29 is 5.11 Å². The molecule has 3 nitrogen and oxygen atoms in total. The fourth-order valence-corrected chi connectivity index (χ4v) is 1.65. The van der Waals surface area contributed by atoms with E-state index in [0.717, 1.165) is 18.5 Å². The molecule has 0 amide bonds. The van der Waals surface area contributed by atoms with Crippen LogP contribution in [0.15, 0.2) is 12.5 Å². The average Bonchev–Trinajstić information content (AvgIpc) is 2.31. The molecular weight excluding hydrogens is 152 g/mol. The van der Waals surface area contributed by atoms with Crippen LogP contribution in [0.2, 0.25) is 0 Å². The lowest BCUT2D eigenvalue weighted by molar-refractivity contribution is 0.0564. The average molecular weight is 166 g/mol. The first-order chi connectivity index (χ1) is 5.79. The Kier molecular flexibility index (Phi) is 1.89. The standard InChI is InChI=1S/C9H14N2O/c1-11-6-10-5-8(11)9(12)7-3-2-4-7/h5-7,9,12H,2-4H2,1H3. The Bertz CT molecular complexity index is 265. The predicted octanol–water partition coefficient (Wildman–Crippen LogP) is 1.25. The van der Waals surface area contributed by atoms with E-state index in [1.54, 1.807) is 12.5 Å². The summed E-state index contributed by atoms with van der Waals surface area (Å²) in [6.07, 6.45) is 6.77. The lowest BCUT2D eigenvalue weighted by Crippen LogP contribution is -2.21. The van der Waals surface area contributed by atoms with Crippen molar-refractivity contribution in [3.63, 3.8) is 0 Å². The topological polar surface area (TPSA) is 38.0 Å². The van der Waals surface area contributed by atoms with Gasteiger partial charge in [-0.2, -0.15) is 0 Å². The number of hydrogen-bond donors (Lipinski definition) is 1. The summed E-state index contributed by atoms with van der Waals surface area (Å²) in [7, 11) is 1.92. The first-order valence-electron chi connectivity index (χ1n) is 4.43. The molecule has 1 saturated carbocycles. The molecule has 0 spiro atoms. The zero-order valence-corrected chi connectivity index (χ0v) is 7.27. The third kappa shape index (κ3) is 1.14. The molecule has 0 bridgehead atoms. The van der Waals surface area contributed by atoms with Gasteiger partial charge in [0.1, 0.15) is 0 Å². The lowest BCUT2D eigenvalue weighted by atomic mass is 9.80. The number of aromatic nitrogens is 2. The summed E-state index contributed by atoms with van der Waals surface area (Å²) in [6, 6.07) is 0. The van der Waals surface area contributed by atoms with Crippen molar-refractivity contribution in [2.75, 3.05) is 0 Å². The van der Waals surface area contributed by atoms with E-state index in [-0.39, 0.29) is 6.10 Å². The summed E-state index contributed by atoms with van der Waals surface area (Å²) in [6.45, 7) is 0. The molecule has 1 unspecified atom stereocenters. The van der Waals surface area contributed by atoms with E-state index in [4.69, 9.17) is 0 Å². The summed E-state index contributed by atoms with van der Waals surface area (Å²) in [5.41, 5.74) is 0.944. The fourth-order valence-electron chi connectivity index (χ4n) is 1.65. The smallest absolute Gasteiger partial charge is 0.0983 e. The van der Waals surface area contributed by atoms with E-state index in [0.29, 0.717) is 5.92 Å². The van der Waals surface area contributed by atoms with Crippen molar-refractivity contribution in [1.29, 1.82) is 0 Å². The van der Waals surface area contributed by atoms with Crippen LogP contribution in [0.25, 0.3) is 0 Å². The van der Waals surface area contributed by atoms with Crippen molar-refractivity contribution in [3.05, 3.63) is 18.2 Å². The maximum absolute atomic E-state index is 9.85. The molecule has 0 saturated heterocycles. The highest BCUT2D eigenvalue weighted by atomic mass is 16.3. The highest BCUT2D eigenvalue weighted by molar-refractivity contribution is 5.04. The van der Waals surface area contributed by atoms with Gasteiger partial charge in [-0.3, -0.25) is 0 Å². The number of hydrogen-bond acceptors (Lipinski definition) is 2. The Morgan fingerprint density at radius 3 is 2.83 bits per heavy atom. The van der Waals surface area contributed by atoms with Gasteiger partial charge in [0.25, 0.3) is 0 Å². The van der Waals surface area contributed by atoms with Gasteiger partial charge in [0.05, 0.1) is 24.3 Å². The van der Waals surface area contributed by atoms with E-state index < -0.39 is 0 Å². The van der Waals surface area contributed by atoms with Crippen LogP contribution < -0.4 is 0 Å². The summed E-state index contributed by atoms with van der Waals surface area (Å²) in [5, 5.41) is 9.85. The zero-order chi connectivity index (χ0) is 8.55. The number of rotatable bonds is 2. The third-order valence-corrected chi connectivity index (χ3v) is 2.75. The van der Waals surface area contributed by atoms with Crippen LogP contribution in [-0.4, -0.2) is 14.7 Å². The van der Waals surface area contributed by atoms with E-state index >= 15 is 0 Å². The van der Waals surface area contributed by atoms with E-state index in [9.17, 15) is 5.11 Å². The minimum absolute atomic E-state index is 0.300. The van der Waals surface area contributed by atoms with Crippen molar-refractivity contribution >= 4 is 0 Å². The molecule has 2 rings (SSSR count). The predicted molar refractivity (Wildman–Crippen MR) is 45.5 cm³/mol. The molecule has 0 radical (unpaired) electrons. The highest BCUT2D eigenvalue weighted by Gasteiger charge is 2.28. The van der Waals surface area contributed by atoms with Gasteiger partial charge in [-0.15, -0.1) is 0 Å². The first-order valence-corrected chi connectivity index (χ1v) is 4.43. The largest absolute Gasteiger partial charge is 0.387 e.